The molecule has 232 valence electrons. The van der Waals surface area contributed by atoms with Gasteiger partial charge >= 0.3 is 0 Å². The van der Waals surface area contributed by atoms with Gasteiger partial charge in [0.05, 0.1) is 62.3 Å². The van der Waals surface area contributed by atoms with Gasteiger partial charge in [-0.15, -0.1) is 0 Å². The van der Waals surface area contributed by atoms with Crippen LogP contribution in [0.5, 0.6) is 0 Å². The van der Waals surface area contributed by atoms with E-state index in [0.29, 0.717) is 47.8 Å². The molecule has 8 heterocycles. The van der Waals surface area contributed by atoms with Gasteiger partial charge in [0.25, 0.3) is 0 Å². The Morgan fingerprint density at radius 1 is 0.711 bits per heavy atom. The minimum absolute atomic E-state index is 0.0348. The monoisotopic (exact) mass is 604 g/mol. The summed E-state index contributed by atoms with van der Waals surface area (Å²) in [6, 6.07) is 21.0. The fourth-order valence-electron chi connectivity index (χ4n) is 14.7. The summed E-state index contributed by atoms with van der Waals surface area (Å²) in [6.45, 7) is 4.85. The molecule has 45 heavy (non-hydrogen) atoms. The minimum atomic E-state index is 0.0348. The number of rotatable bonds is 2. The van der Waals surface area contributed by atoms with Crippen molar-refractivity contribution in [3.05, 3.63) is 83.0 Å². The smallest absolute Gasteiger partial charge is 0.138 e. The first-order chi connectivity index (χ1) is 22.2. The molecule has 2 saturated carbocycles. The number of para-hydroxylation sites is 2. The summed E-state index contributed by atoms with van der Waals surface area (Å²) in [5, 5.41) is 20.5. The molecule has 2 spiro atoms. The van der Waals surface area contributed by atoms with Gasteiger partial charge in [0.2, 0.25) is 0 Å². The van der Waals surface area contributed by atoms with Crippen LogP contribution in [0.1, 0.15) is 36.8 Å². The predicted octanol–water partition coefficient (Wildman–Crippen LogP) is 0.387. The van der Waals surface area contributed by atoms with Gasteiger partial charge in [-0.25, -0.2) is 0 Å². The normalized spacial score (nSPS) is 51.3. The first kappa shape index (κ1) is 25.4. The highest BCUT2D eigenvalue weighted by Crippen LogP contribution is 2.69. The molecule has 2 aromatic carbocycles. The van der Waals surface area contributed by atoms with Crippen molar-refractivity contribution in [2.75, 3.05) is 49.2 Å². The molecule has 7 heteroatoms. The molecule has 0 radical (unpaired) electrons. The Labute approximate surface area is 264 Å². The van der Waals surface area contributed by atoms with Crippen LogP contribution < -0.4 is 19.6 Å². The third-order valence-electron chi connectivity index (χ3n) is 15.6. The van der Waals surface area contributed by atoms with Gasteiger partial charge in [-0.3, -0.25) is 0 Å². The maximum absolute atomic E-state index is 10.3. The van der Waals surface area contributed by atoms with E-state index in [4.69, 9.17) is 4.74 Å². The summed E-state index contributed by atoms with van der Waals surface area (Å²) < 4.78 is 7.74. The topological polar surface area (TPSA) is 65.0 Å². The highest BCUT2D eigenvalue weighted by molar-refractivity contribution is 5.72. The zero-order chi connectivity index (χ0) is 29.4. The maximum atomic E-state index is 10.3. The van der Waals surface area contributed by atoms with Crippen molar-refractivity contribution in [1.82, 2.24) is 0 Å². The van der Waals surface area contributed by atoms with Crippen molar-refractivity contribution in [2.45, 2.75) is 73.1 Å². The summed E-state index contributed by atoms with van der Waals surface area (Å²) in [4.78, 5) is 9.25. The number of aliphatic hydroxyl groups excluding tert-OH is 2. The molecule has 8 aliphatic heterocycles. The van der Waals surface area contributed by atoms with Crippen LogP contribution in [0.4, 0.5) is 11.4 Å². The number of ether oxygens (including phenoxy) is 1. The molecule has 14 atom stereocenters. The number of nitrogens with one attached hydrogen (secondary N) is 2. The number of hydrogen-bond donors (Lipinski definition) is 4. The molecule has 8 fully saturated rings. The molecule has 2 aromatic rings. The lowest BCUT2D eigenvalue weighted by molar-refractivity contribution is -0.916. The lowest BCUT2D eigenvalue weighted by atomic mass is 9.51. The molecule has 7 nitrogen and oxygen atoms in total. The molecule has 4 N–H and O–H groups in total. The van der Waals surface area contributed by atoms with E-state index in [9.17, 15) is 10.2 Å². The van der Waals surface area contributed by atoms with E-state index in [1.165, 1.54) is 61.3 Å². The Bertz CT molecular complexity index is 1600. The molecule has 6 bridgehead atoms. The maximum Gasteiger partial charge on any atom is 0.138 e. The van der Waals surface area contributed by atoms with Crippen LogP contribution in [0.3, 0.4) is 0 Å². The lowest BCUT2D eigenvalue weighted by Gasteiger charge is -2.68. The van der Waals surface area contributed by atoms with Crippen molar-refractivity contribution in [3.8, 4) is 0 Å². The highest BCUT2D eigenvalue weighted by Gasteiger charge is 2.80. The number of benzene rings is 2. The van der Waals surface area contributed by atoms with Crippen LogP contribution in [0.2, 0.25) is 0 Å². The predicted molar refractivity (Wildman–Crippen MR) is 169 cm³/mol. The molecule has 0 aromatic heterocycles. The molecule has 12 rings (SSSR count). The minimum Gasteiger partial charge on any atom is -0.392 e. The average molecular weight is 605 g/mol. The zero-order valence-corrected chi connectivity index (χ0v) is 25.8. The molecular formula is C38H44N4O3+2. The van der Waals surface area contributed by atoms with Crippen molar-refractivity contribution < 1.29 is 24.7 Å². The number of anilines is 2. The van der Waals surface area contributed by atoms with Crippen LogP contribution in [-0.4, -0.2) is 86.2 Å². The first-order valence-corrected chi connectivity index (χ1v) is 17.9. The van der Waals surface area contributed by atoms with Gasteiger partial charge in [-0.05, 0) is 34.4 Å². The van der Waals surface area contributed by atoms with Crippen LogP contribution in [0, 0.1) is 23.7 Å². The standard InChI is InChI=1S/C38H42N4O3/c43-15-9-21-19-39-13-11-37-25-5-1-3-7-27(25)41-33(37)31(23(21)17-29(37)39)36-42-28-8-4-2-6-26(28)38-12-14-40-20-22(10-16-44)24(18-30(38)40)32(34(38)42)35(41)45-36/h1-10,23-24,29-36,43-44H,11-20H2/p+2/b21-9+,22-10+/t23-,24-,29-,30-,31-,32-,33-,34-,35+,36+,37+,38+/m0/s1. The SMILES string of the molecule is OC/C=C1\C[NH+]2CC[C@]34c5ccccc5N5[C@@H]6O[C@H]([C@H]([C@H]53)[C@H]1C[C@H]24)N1c2ccccc2[C@]23CC[NH+]4C/C(=C\CO)[C@H](C[C@H]42)[C@H]6[C@H]13. The Kier molecular flexibility index (Phi) is 4.65. The van der Waals surface area contributed by atoms with E-state index in [1.807, 2.05) is 0 Å². The summed E-state index contributed by atoms with van der Waals surface area (Å²) in [7, 11) is 0. The molecule has 6 saturated heterocycles. The number of nitrogens with zero attached hydrogens (tertiary/aromatic N) is 2. The highest BCUT2D eigenvalue weighted by atomic mass is 16.5. The van der Waals surface area contributed by atoms with Gasteiger partial charge in [-0.1, -0.05) is 48.6 Å². The zero-order valence-electron chi connectivity index (χ0n) is 25.8. The Morgan fingerprint density at radius 3 is 1.64 bits per heavy atom. The number of aliphatic hydroxyl groups is 2. The van der Waals surface area contributed by atoms with E-state index in [0.717, 1.165) is 13.1 Å². The summed E-state index contributed by atoms with van der Waals surface area (Å²) in [5.41, 5.74) is 9.36. The van der Waals surface area contributed by atoms with E-state index < -0.39 is 0 Å². The number of fused-ring (bicyclic) bond motifs is 14. The van der Waals surface area contributed by atoms with Crippen molar-refractivity contribution >= 4 is 11.4 Å². The Hall–Kier alpha value is -2.68. The van der Waals surface area contributed by atoms with Crippen molar-refractivity contribution in [3.63, 3.8) is 0 Å². The largest absolute Gasteiger partial charge is 0.392 e. The van der Waals surface area contributed by atoms with E-state index >= 15 is 0 Å². The van der Waals surface area contributed by atoms with E-state index in [-0.39, 0.29) is 36.5 Å². The summed E-state index contributed by atoms with van der Waals surface area (Å²) in [6.07, 6.45) is 9.32. The fourth-order valence-corrected chi connectivity index (χ4v) is 14.7. The second-order valence-corrected chi connectivity index (χ2v) is 16.3. The fraction of sp³-hybridized carbons (Fsp3) is 0.579. The molecular weight excluding hydrogens is 560 g/mol. The van der Waals surface area contributed by atoms with Crippen LogP contribution >= 0.6 is 0 Å². The molecule has 10 aliphatic rings. The van der Waals surface area contributed by atoms with Crippen LogP contribution in [-0.2, 0) is 15.6 Å². The van der Waals surface area contributed by atoms with E-state index in [2.05, 4.69) is 70.5 Å². The van der Waals surface area contributed by atoms with Gasteiger partial charge in [0, 0.05) is 60.7 Å². The third-order valence-corrected chi connectivity index (χ3v) is 15.6. The summed E-state index contributed by atoms with van der Waals surface area (Å²) >= 11 is 0. The Balaban J connectivity index is 1.15. The third kappa shape index (κ3) is 2.58. The first-order valence-electron chi connectivity index (χ1n) is 17.9. The Morgan fingerprint density at radius 2 is 1.18 bits per heavy atom. The number of hydrogen-bond acceptors (Lipinski definition) is 5. The second-order valence-electron chi connectivity index (χ2n) is 16.3. The van der Waals surface area contributed by atoms with Crippen LogP contribution in [0.15, 0.2) is 71.8 Å². The lowest BCUT2D eigenvalue weighted by Crippen LogP contribution is -3.17. The average Bonchev–Trinajstić information content (AvgIpc) is 3.81. The van der Waals surface area contributed by atoms with Crippen LogP contribution in [0.25, 0.3) is 0 Å². The van der Waals surface area contributed by atoms with Crippen molar-refractivity contribution in [2.24, 2.45) is 23.7 Å². The van der Waals surface area contributed by atoms with Crippen molar-refractivity contribution in [1.29, 1.82) is 0 Å². The van der Waals surface area contributed by atoms with Gasteiger partial charge < -0.3 is 34.5 Å². The molecule has 0 amide bonds. The molecule has 2 unspecified atom stereocenters. The number of piperidine rings is 2. The summed E-state index contributed by atoms with van der Waals surface area (Å²) in [5.74, 6) is 1.57. The quantitative estimate of drug-likeness (QED) is 0.374. The van der Waals surface area contributed by atoms with Gasteiger partial charge in [-0.2, -0.15) is 0 Å². The second kappa shape index (κ2) is 8.23. The van der Waals surface area contributed by atoms with Gasteiger partial charge in [0.15, 0.2) is 0 Å². The van der Waals surface area contributed by atoms with E-state index in [1.54, 1.807) is 20.9 Å². The molecule has 2 aliphatic carbocycles. The van der Waals surface area contributed by atoms with Gasteiger partial charge in [0.1, 0.15) is 24.5 Å². The number of quaternary nitrogens is 2.